The fourth-order valence-corrected chi connectivity index (χ4v) is 3.06. The fraction of sp³-hybridized carbons (Fsp3) is 0.391. The zero-order valence-corrected chi connectivity index (χ0v) is 17.0. The first-order valence-electron chi connectivity index (χ1n) is 9.81. The average molecular weight is 382 g/mol. The van der Waals surface area contributed by atoms with E-state index in [0.29, 0.717) is 0 Å². The van der Waals surface area contributed by atoms with Gasteiger partial charge in [-0.25, -0.2) is 0 Å². The minimum atomic E-state index is -0.601. The number of nitrogens with one attached hydrogen (secondary N) is 1. The lowest BCUT2D eigenvalue weighted by molar-refractivity contribution is -0.124. The molecule has 0 fully saturated rings. The van der Waals surface area contributed by atoms with Crippen LogP contribution >= 0.6 is 0 Å². The Hall–Kier alpha value is -2.66. The number of likely N-dealkylation sites (N-methyl/N-ethyl adjacent to an activating group) is 1. The quantitative estimate of drug-likeness (QED) is 0.680. The molecule has 1 aliphatic carbocycles. The predicted octanol–water partition coefficient (Wildman–Crippen LogP) is 2.95. The Kier molecular flexibility index (Phi) is 8.20. The minimum absolute atomic E-state index is 0.105. The summed E-state index contributed by atoms with van der Waals surface area (Å²) in [7, 11) is 1.76. The number of hydrogen-bond donors (Lipinski definition) is 2. The van der Waals surface area contributed by atoms with Gasteiger partial charge >= 0.3 is 0 Å². The molecule has 2 rings (SSSR count). The molecule has 3 N–H and O–H groups in total. The molecule has 0 bridgehead atoms. The smallest absolute Gasteiger partial charge is 0.250 e. The molecule has 0 saturated carbocycles. The van der Waals surface area contributed by atoms with Gasteiger partial charge in [-0.05, 0) is 43.7 Å². The van der Waals surface area contributed by atoms with Crippen molar-refractivity contribution in [3.05, 3.63) is 72.0 Å². The van der Waals surface area contributed by atoms with E-state index in [2.05, 4.69) is 36.5 Å². The SMILES string of the molecule is CC(Cc1ccccc1)[C@@H](/C=C/C(=O)N(C)C1=CCCC=C1)NC(=O)[C@H](C)N. The Balaban J connectivity index is 2.10. The average Bonchev–Trinajstić information content (AvgIpc) is 2.71. The molecule has 2 amide bonds. The maximum Gasteiger partial charge on any atom is 0.250 e. The summed E-state index contributed by atoms with van der Waals surface area (Å²) >= 11 is 0. The van der Waals surface area contributed by atoms with Crippen LogP contribution in [0.4, 0.5) is 0 Å². The van der Waals surface area contributed by atoms with Crippen molar-refractivity contribution in [3.8, 4) is 0 Å². The molecule has 28 heavy (non-hydrogen) atoms. The van der Waals surface area contributed by atoms with E-state index in [0.717, 1.165) is 25.0 Å². The van der Waals surface area contributed by atoms with Crippen molar-refractivity contribution in [3.63, 3.8) is 0 Å². The third kappa shape index (κ3) is 6.50. The van der Waals surface area contributed by atoms with Crippen LogP contribution in [0.25, 0.3) is 0 Å². The summed E-state index contributed by atoms with van der Waals surface area (Å²) in [5.74, 6) is -0.244. The van der Waals surface area contributed by atoms with Crippen molar-refractivity contribution in [1.29, 1.82) is 0 Å². The van der Waals surface area contributed by atoms with Gasteiger partial charge in [-0.2, -0.15) is 0 Å². The van der Waals surface area contributed by atoms with Gasteiger partial charge in [0.1, 0.15) is 0 Å². The maximum absolute atomic E-state index is 12.6. The fourth-order valence-electron chi connectivity index (χ4n) is 3.06. The van der Waals surface area contributed by atoms with E-state index in [1.165, 1.54) is 11.6 Å². The first-order valence-corrected chi connectivity index (χ1v) is 9.81. The van der Waals surface area contributed by atoms with Crippen molar-refractivity contribution in [1.82, 2.24) is 10.2 Å². The van der Waals surface area contributed by atoms with Gasteiger partial charge in [0.2, 0.25) is 11.8 Å². The van der Waals surface area contributed by atoms with Gasteiger partial charge in [-0.3, -0.25) is 9.59 Å². The molecule has 1 aromatic carbocycles. The molecule has 0 heterocycles. The van der Waals surface area contributed by atoms with Crippen LogP contribution in [0.3, 0.4) is 0 Å². The molecule has 1 aliphatic rings. The van der Waals surface area contributed by atoms with Crippen molar-refractivity contribution in [2.24, 2.45) is 11.7 Å². The number of carbonyl (C=O) groups is 2. The monoisotopic (exact) mass is 381 g/mol. The molecule has 0 radical (unpaired) electrons. The molecule has 0 saturated heterocycles. The van der Waals surface area contributed by atoms with E-state index in [-0.39, 0.29) is 23.8 Å². The normalized spacial score (nSPS) is 16.9. The van der Waals surface area contributed by atoms with Crippen LogP contribution in [0.5, 0.6) is 0 Å². The zero-order chi connectivity index (χ0) is 20.5. The van der Waals surface area contributed by atoms with Gasteiger partial charge in [0, 0.05) is 18.8 Å². The molecule has 150 valence electrons. The molecule has 3 atom stereocenters. The number of carbonyl (C=O) groups excluding carboxylic acids is 2. The second-order valence-electron chi connectivity index (χ2n) is 7.36. The first kappa shape index (κ1) is 21.6. The summed E-state index contributed by atoms with van der Waals surface area (Å²) < 4.78 is 0. The topological polar surface area (TPSA) is 75.4 Å². The minimum Gasteiger partial charge on any atom is -0.348 e. The first-order chi connectivity index (χ1) is 13.4. The van der Waals surface area contributed by atoms with Crippen LogP contribution < -0.4 is 11.1 Å². The molecule has 0 spiro atoms. The number of benzene rings is 1. The van der Waals surface area contributed by atoms with E-state index in [4.69, 9.17) is 5.73 Å². The molecule has 0 aromatic heterocycles. The van der Waals surface area contributed by atoms with Crippen LogP contribution in [-0.4, -0.2) is 35.8 Å². The van der Waals surface area contributed by atoms with Gasteiger partial charge < -0.3 is 16.0 Å². The number of nitrogens with zero attached hydrogens (tertiary/aromatic N) is 1. The third-order valence-electron chi connectivity index (χ3n) is 4.88. The summed E-state index contributed by atoms with van der Waals surface area (Å²) in [5, 5.41) is 2.96. The number of allylic oxidation sites excluding steroid dienone is 3. The Morgan fingerprint density at radius 2 is 1.93 bits per heavy atom. The van der Waals surface area contributed by atoms with Crippen molar-refractivity contribution in [2.75, 3.05) is 7.05 Å². The van der Waals surface area contributed by atoms with Gasteiger partial charge in [0.25, 0.3) is 0 Å². The van der Waals surface area contributed by atoms with Crippen LogP contribution in [0.1, 0.15) is 32.3 Å². The number of amides is 2. The summed E-state index contributed by atoms with van der Waals surface area (Å²) in [6, 6.07) is 9.21. The van der Waals surface area contributed by atoms with Gasteiger partial charge in [0.05, 0.1) is 12.1 Å². The standard InChI is InChI=1S/C23H31N3O2/c1-17(16-19-10-6-4-7-11-19)21(25-23(28)18(2)24)14-15-22(27)26(3)20-12-8-5-9-13-20/h4,6-8,10-15,17-18,21H,5,9,16,24H2,1-3H3,(H,25,28)/b15-14+/t17?,18-,21+/m0/s1. The van der Waals surface area contributed by atoms with E-state index in [9.17, 15) is 9.59 Å². The lowest BCUT2D eigenvalue weighted by Crippen LogP contribution is -2.46. The summed E-state index contributed by atoms with van der Waals surface area (Å²) in [6.45, 7) is 3.71. The second kappa shape index (κ2) is 10.6. The highest BCUT2D eigenvalue weighted by molar-refractivity contribution is 5.89. The Bertz CT molecular complexity index is 750. The summed E-state index contributed by atoms with van der Waals surface area (Å²) in [5.41, 5.74) is 7.79. The molecule has 5 nitrogen and oxygen atoms in total. The summed E-state index contributed by atoms with van der Waals surface area (Å²) in [6.07, 6.45) is 12.1. The molecule has 5 heteroatoms. The highest BCUT2D eigenvalue weighted by atomic mass is 16.2. The Morgan fingerprint density at radius 1 is 1.21 bits per heavy atom. The van der Waals surface area contributed by atoms with E-state index in [1.807, 2.05) is 24.3 Å². The lowest BCUT2D eigenvalue weighted by Gasteiger charge is -2.24. The third-order valence-corrected chi connectivity index (χ3v) is 4.88. The number of rotatable bonds is 8. The lowest BCUT2D eigenvalue weighted by atomic mass is 9.93. The van der Waals surface area contributed by atoms with Crippen LogP contribution in [0.15, 0.2) is 66.4 Å². The van der Waals surface area contributed by atoms with Crippen LogP contribution in [-0.2, 0) is 16.0 Å². The zero-order valence-electron chi connectivity index (χ0n) is 17.0. The van der Waals surface area contributed by atoms with Gasteiger partial charge in [0.15, 0.2) is 0 Å². The van der Waals surface area contributed by atoms with Crippen molar-refractivity contribution >= 4 is 11.8 Å². The Morgan fingerprint density at radius 3 is 2.54 bits per heavy atom. The van der Waals surface area contributed by atoms with Gasteiger partial charge in [-0.15, -0.1) is 0 Å². The number of hydrogen-bond acceptors (Lipinski definition) is 3. The van der Waals surface area contributed by atoms with E-state index in [1.54, 1.807) is 24.9 Å². The highest BCUT2D eigenvalue weighted by Crippen LogP contribution is 2.16. The largest absolute Gasteiger partial charge is 0.348 e. The molecule has 0 aliphatic heterocycles. The predicted molar refractivity (Wildman–Crippen MR) is 113 cm³/mol. The molecular weight excluding hydrogens is 350 g/mol. The Labute approximate surface area is 168 Å². The van der Waals surface area contributed by atoms with Crippen molar-refractivity contribution < 1.29 is 9.59 Å². The van der Waals surface area contributed by atoms with Crippen LogP contribution in [0.2, 0.25) is 0 Å². The molecule has 1 unspecified atom stereocenters. The van der Waals surface area contributed by atoms with Crippen molar-refractivity contribution in [2.45, 2.75) is 45.2 Å². The maximum atomic E-state index is 12.6. The molecule has 1 aromatic rings. The highest BCUT2D eigenvalue weighted by Gasteiger charge is 2.20. The second-order valence-corrected chi connectivity index (χ2v) is 7.36. The van der Waals surface area contributed by atoms with Crippen LogP contribution in [0, 0.1) is 5.92 Å². The van der Waals surface area contributed by atoms with Gasteiger partial charge in [-0.1, -0.05) is 55.5 Å². The van der Waals surface area contributed by atoms with E-state index < -0.39 is 6.04 Å². The number of nitrogens with two attached hydrogens (primary N) is 1. The summed E-state index contributed by atoms with van der Waals surface area (Å²) in [4.78, 5) is 26.4. The van der Waals surface area contributed by atoms with E-state index >= 15 is 0 Å². The molecular formula is C23H31N3O2.